The van der Waals surface area contributed by atoms with Gasteiger partial charge in [0, 0.05) is 5.39 Å². The van der Waals surface area contributed by atoms with Gasteiger partial charge in [-0.15, -0.1) is 0 Å². The first-order valence-corrected chi connectivity index (χ1v) is 10.6. The first-order chi connectivity index (χ1) is 16.2. The van der Waals surface area contributed by atoms with Gasteiger partial charge in [0.15, 0.2) is 18.1 Å². The molecule has 1 aromatic carbocycles. The summed E-state index contributed by atoms with van der Waals surface area (Å²) in [4.78, 5) is 46.2. The Morgan fingerprint density at radius 1 is 1.12 bits per heavy atom. The van der Waals surface area contributed by atoms with Crippen LogP contribution in [0.5, 0.6) is 0 Å². The molecule has 0 atom stereocenters. The van der Waals surface area contributed by atoms with Gasteiger partial charge in [-0.3, -0.25) is 4.79 Å². The monoisotopic (exact) mass is 465 g/mol. The molecular formula is C23H23N5O6. The summed E-state index contributed by atoms with van der Waals surface area (Å²) in [6.45, 7) is 6.72. The molecule has 0 unspecified atom stereocenters. The van der Waals surface area contributed by atoms with Crippen LogP contribution in [0.15, 0.2) is 33.5 Å². The van der Waals surface area contributed by atoms with Crippen LogP contribution >= 0.6 is 0 Å². The van der Waals surface area contributed by atoms with E-state index in [-0.39, 0.29) is 64.6 Å². The summed E-state index contributed by atoms with van der Waals surface area (Å²) in [5.41, 5.74) is 5.99. The van der Waals surface area contributed by atoms with Crippen LogP contribution in [0.25, 0.3) is 21.9 Å². The number of aromatic nitrogens is 4. The fourth-order valence-electron chi connectivity index (χ4n) is 3.60. The largest absolute Gasteiger partial charge is 0.462 e. The van der Waals surface area contributed by atoms with Crippen LogP contribution < -0.4 is 11.3 Å². The molecule has 11 nitrogen and oxygen atoms in total. The van der Waals surface area contributed by atoms with E-state index in [1.807, 2.05) is 0 Å². The van der Waals surface area contributed by atoms with Gasteiger partial charge in [0.2, 0.25) is 5.71 Å². The molecule has 176 valence electrons. The Morgan fingerprint density at radius 3 is 2.50 bits per heavy atom. The molecule has 34 heavy (non-hydrogen) atoms. The molecule has 0 fully saturated rings. The number of benzene rings is 1. The highest BCUT2D eigenvalue weighted by atomic mass is 16.5. The number of ether oxygens (including phenoxy) is 2. The Kier molecular flexibility index (Phi) is 6.01. The van der Waals surface area contributed by atoms with Crippen molar-refractivity contribution in [1.29, 1.82) is 0 Å². The van der Waals surface area contributed by atoms with Gasteiger partial charge in [-0.1, -0.05) is 18.2 Å². The zero-order chi connectivity index (χ0) is 24.6. The predicted molar refractivity (Wildman–Crippen MR) is 122 cm³/mol. The molecule has 0 bridgehead atoms. The molecular weight excluding hydrogens is 442 g/mol. The lowest BCUT2D eigenvalue weighted by Gasteiger charge is -2.13. The van der Waals surface area contributed by atoms with E-state index in [9.17, 15) is 14.4 Å². The van der Waals surface area contributed by atoms with Crippen molar-refractivity contribution >= 4 is 39.6 Å². The molecule has 0 saturated heterocycles. The third kappa shape index (κ3) is 3.96. The first-order valence-electron chi connectivity index (χ1n) is 10.6. The molecule has 4 rings (SSSR count). The van der Waals surface area contributed by atoms with Crippen LogP contribution in [-0.4, -0.2) is 38.3 Å². The smallest absolute Gasteiger partial charge is 0.359 e. The Hall–Kier alpha value is -4.28. The summed E-state index contributed by atoms with van der Waals surface area (Å²) in [6.07, 6.45) is 0. The fourth-order valence-corrected chi connectivity index (χ4v) is 3.60. The van der Waals surface area contributed by atoms with E-state index >= 15 is 0 Å². The summed E-state index contributed by atoms with van der Waals surface area (Å²) in [6, 6.07) is 6.43. The van der Waals surface area contributed by atoms with E-state index in [0.29, 0.717) is 10.8 Å². The number of nitrogens with two attached hydrogens (primary N) is 1. The Morgan fingerprint density at radius 2 is 1.82 bits per heavy atom. The molecule has 11 heteroatoms. The zero-order valence-electron chi connectivity index (χ0n) is 19.1. The number of fused-ring (bicyclic) bond motifs is 2. The topological polar surface area (TPSA) is 152 Å². The van der Waals surface area contributed by atoms with E-state index in [1.165, 1.54) is 4.68 Å². The van der Waals surface area contributed by atoms with Crippen molar-refractivity contribution < 1.29 is 23.5 Å². The molecule has 0 aliphatic heterocycles. The fraction of sp³-hybridized carbons (Fsp3) is 0.304. The van der Waals surface area contributed by atoms with E-state index in [2.05, 4.69) is 15.1 Å². The van der Waals surface area contributed by atoms with Crippen molar-refractivity contribution in [2.45, 2.75) is 40.3 Å². The van der Waals surface area contributed by atoms with Gasteiger partial charge >= 0.3 is 11.9 Å². The summed E-state index contributed by atoms with van der Waals surface area (Å²) in [5.74, 6) is -0.991. The maximum absolute atomic E-state index is 12.9. The zero-order valence-corrected chi connectivity index (χ0v) is 19.1. The van der Waals surface area contributed by atoms with Gasteiger partial charge in [0.1, 0.15) is 17.1 Å². The number of hydrogen-bond donors (Lipinski definition) is 1. The quantitative estimate of drug-likeness (QED) is 0.421. The Bertz CT molecular complexity index is 1490. The van der Waals surface area contributed by atoms with Crippen LogP contribution in [0.4, 0.5) is 5.82 Å². The first kappa shape index (κ1) is 22.9. The molecule has 0 aliphatic rings. The van der Waals surface area contributed by atoms with Crippen molar-refractivity contribution in [2.75, 3.05) is 12.3 Å². The number of anilines is 1. The lowest BCUT2D eigenvalue weighted by Crippen LogP contribution is -2.28. The molecule has 0 aliphatic carbocycles. The number of nitrogen functional groups attached to an aromatic ring is 1. The average molecular weight is 465 g/mol. The van der Waals surface area contributed by atoms with Crippen molar-refractivity contribution in [3.05, 3.63) is 57.5 Å². The van der Waals surface area contributed by atoms with Gasteiger partial charge in [-0.25, -0.2) is 19.3 Å². The number of carbonyl (C=O) groups excluding carboxylic acids is 2. The van der Waals surface area contributed by atoms with Crippen LogP contribution in [-0.2, 0) is 16.1 Å². The number of hydrogen-bond acceptors (Lipinski definition) is 10. The third-order valence-corrected chi connectivity index (χ3v) is 5.12. The van der Waals surface area contributed by atoms with Gasteiger partial charge in [-0.2, -0.15) is 10.1 Å². The highest BCUT2D eigenvalue weighted by Gasteiger charge is 2.25. The van der Waals surface area contributed by atoms with Crippen LogP contribution in [0.1, 0.15) is 59.2 Å². The normalized spacial score (nSPS) is 11.3. The molecule has 0 spiro atoms. The molecule has 4 aromatic rings. The highest BCUT2D eigenvalue weighted by Crippen LogP contribution is 2.29. The summed E-state index contributed by atoms with van der Waals surface area (Å²) in [5, 5.41) is 5.20. The molecule has 3 aromatic heterocycles. The van der Waals surface area contributed by atoms with Gasteiger partial charge < -0.3 is 19.6 Å². The summed E-state index contributed by atoms with van der Waals surface area (Å²) < 4.78 is 17.2. The van der Waals surface area contributed by atoms with Gasteiger partial charge in [0.25, 0.3) is 5.56 Å². The number of furan rings is 1. The lowest BCUT2D eigenvalue weighted by molar-refractivity contribution is 0.0453. The summed E-state index contributed by atoms with van der Waals surface area (Å²) in [7, 11) is 0. The van der Waals surface area contributed by atoms with E-state index in [1.54, 1.807) is 52.0 Å². The highest BCUT2D eigenvalue weighted by molar-refractivity contribution is 6.07. The van der Waals surface area contributed by atoms with Crippen molar-refractivity contribution in [3.8, 4) is 0 Å². The predicted octanol–water partition coefficient (Wildman–Crippen LogP) is 2.94. The minimum atomic E-state index is -0.754. The maximum atomic E-state index is 12.9. The minimum absolute atomic E-state index is 0.00334. The van der Waals surface area contributed by atoms with Crippen molar-refractivity contribution in [1.82, 2.24) is 19.7 Å². The number of nitrogens with zero attached hydrogens (tertiary/aromatic N) is 4. The maximum Gasteiger partial charge on any atom is 0.359 e. The van der Waals surface area contributed by atoms with Crippen molar-refractivity contribution in [2.24, 2.45) is 0 Å². The molecule has 0 amide bonds. The third-order valence-electron chi connectivity index (χ3n) is 5.12. The SMILES string of the molecule is CCOC(=O)c1c(C)oc2nc(COC(=O)c3nn(C(C)C)c(=O)c4ccccc34)nc(N)c12. The second-order valence-corrected chi connectivity index (χ2v) is 7.77. The van der Waals surface area contributed by atoms with Crippen LogP contribution in [0.2, 0.25) is 0 Å². The standard InChI is InChI=1S/C23H23N5O6/c1-5-32-22(30)16-12(4)34-20-17(16)19(24)25-15(26-20)10-33-23(31)18-13-8-6-7-9-14(13)21(29)28(27-18)11(2)3/h6-9,11H,5,10H2,1-4H3,(H2,24,25,26). The number of aryl methyl sites for hydroxylation is 1. The average Bonchev–Trinajstić information content (AvgIpc) is 3.14. The van der Waals surface area contributed by atoms with E-state index < -0.39 is 11.9 Å². The Labute approximate surface area is 193 Å². The molecule has 3 heterocycles. The Balaban J connectivity index is 1.66. The second-order valence-electron chi connectivity index (χ2n) is 7.77. The molecule has 2 N–H and O–H groups in total. The van der Waals surface area contributed by atoms with Gasteiger partial charge in [-0.05, 0) is 33.8 Å². The van der Waals surface area contributed by atoms with Crippen molar-refractivity contribution in [3.63, 3.8) is 0 Å². The molecule has 0 radical (unpaired) electrons. The number of carbonyl (C=O) groups is 2. The van der Waals surface area contributed by atoms with Crippen LogP contribution in [0.3, 0.4) is 0 Å². The minimum Gasteiger partial charge on any atom is -0.462 e. The number of esters is 2. The number of rotatable bonds is 6. The lowest BCUT2D eigenvalue weighted by atomic mass is 10.1. The van der Waals surface area contributed by atoms with E-state index in [0.717, 1.165) is 0 Å². The van der Waals surface area contributed by atoms with Crippen LogP contribution in [0, 0.1) is 6.92 Å². The van der Waals surface area contributed by atoms with E-state index in [4.69, 9.17) is 19.6 Å². The van der Waals surface area contributed by atoms with Gasteiger partial charge in [0.05, 0.1) is 23.4 Å². The molecule has 0 saturated carbocycles. The summed E-state index contributed by atoms with van der Waals surface area (Å²) >= 11 is 0. The second kappa shape index (κ2) is 8.93.